The minimum absolute atomic E-state index is 0.0120. The predicted octanol–water partition coefficient (Wildman–Crippen LogP) is 3.77. The van der Waals surface area contributed by atoms with Crippen LogP contribution in [-0.2, 0) is 28.6 Å². The van der Waals surface area contributed by atoms with Crippen LogP contribution < -0.4 is 10.6 Å². The van der Waals surface area contributed by atoms with Gasteiger partial charge in [-0.1, -0.05) is 13.8 Å². The molecule has 0 aromatic rings. The third kappa shape index (κ3) is 9.89. The molecule has 0 unspecified atom stereocenters. The lowest BCUT2D eigenvalue weighted by Gasteiger charge is -2.27. The maximum Gasteiger partial charge on any atom is 0.408 e. The molecular formula is C25H42N2O7. The number of esters is 2. The summed E-state index contributed by atoms with van der Waals surface area (Å²) >= 11 is 0. The van der Waals surface area contributed by atoms with Gasteiger partial charge < -0.3 is 24.8 Å². The molecule has 2 aliphatic carbocycles. The molecule has 2 atom stereocenters. The lowest BCUT2D eigenvalue weighted by atomic mass is 10.0. The number of nitrogens with one attached hydrogen (secondary N) is 2. The molecule has 2 aliphatic rings. The average Bonchev–Trinajstić information content (AvgIpc) is 3.43. The van der Waals surface area contributed by atoms with Gasteiger partial charge in [-0.25, -0.2) is 9.59 Å². The van der Waals surface area contributed by atoms with Crippen molar-refractivity contribution in [1.29, 1.82) is 0 Å². The second kappa shape index (κ2) is 13.0. The zero-order valence-corrected chi connectivity index (χ0v) is 21.3. The van der Waals surface area contributed by atoms with Crippen LogP contribution in [0.25, 0.3) is 0 Å². The first-order chi connectivity index (χ1) is 16.4. The maximum atomic E-state index is 13.2. The highest BCUT2D eigenvalue weighted by atomic mass is 16.6. The van der Waals surface area contributed by atoms with E-state index in [0.717, 1.165) is 51.4 Å². The second-order valence-electron chi connectivity index (χ2n) is 10.6. The predicted molar refractivity (Wildman–Crippen MR) is 126 cm³/mol. The van der Waals surface area contributed by atoms with Crippen LogP contribution in [0.1, 0.15) is 98.8 Å². The van der Waals surface area contributed by atoms with Crippen molar-refractivity contribution in [3.05, 3.63) is 0 Å². The largest absolute Gasteiger partial charge is 0.462 e. The topological polar surface area (TPSA) is 120 Å². The van der Waals surface area contributed by atoms with E-state index in [-0.39, 0.29) is 25.0 Å². The summed E-state index contributed by atoms with van der Waals surface area (Å²) < 4.78 is 24.5. The molecule has 0 bridgehead atoms. The van der Waals surface area contributed by atoms with E-state index in [1.165, 1.54) is 0 Å². The first-order valence-corrected chi connectivity index (χ1v) is 12.6. The fourth-order valence-electron chi connectivity index (χ4n) is 4.18. The van der Waals surface area contributed by atoms with Crippen LogP contribution in [0.5, 0.6) is 0 Å². The van der Waals surface area contributed by atoms with Gasteiger partial charge in [0.15, 0.2) is 1.41 Å². The van der Waals surface area contributed by atoms with Gasteiger partial charge >= 0.3 is 18.0 Å². The number of ether oxygens (including phenoxy) is 3. The van der Waals surface area contributed by atoms with Crippen LogP contribution >= 0.6 is 0 Å². The monoisotopic (exact) mass is 483 g/mol. The van der Waals surface area contributed by atoms with Crippen molar-refractivity contribution in [2.75, 3.05) is 0 Å². The summed E-state index contributed by atoms with van der Waals surface area (Å²) in [4.78, 5) is 50.9. The SMILES string of the molecule is [2H]N(C(=O)OC(C)(C)C)[C@H](C(=O)N[C@@H](CCC(=O)OC1CCCC1)C(=O)OC1CCCC1)C(C)C. The van der Waals surface area contributed by atoms with Gasteiger partial charge in [-0.15, -0.1) is 0 Å². The van der Waals surface area contributed by atoms with Gasteiger partial charge in [0, 0.05) is 6.42 Å². The van der Waals surface area contributed by atoms with Crippen LogP contribution in [0.2, 0.25) is 1.41 Å². The summed E-state index contributed by atoms with van der Waals surface area (Å²) in [6, 6.07) is -2.29. The molecule has 0 heterocycles. The quantitative estimate of drug-likeness (QED) is 0.358. The summed E-state index contributed by atoms with van der Waals surface area (Å²) in [5.74, 6) is -2.14. The first kappa shape index (κ1) is 26.3. The van der Waals surface area contributed by atoms with Crippen LogP contribution in [-0.4, -0.2) is 53.8 Å². The smallest absolute Gasteiger partial charge is 0.408 e. The third-order valence-electron chi connectivity index (χ3n) is 5.96. The van der Waals surface area contributed by atoms with E-state index in [1.54, 1.807) is 34.6 Å². The third-order valence-corrected chi connectivity index (χ3v) is 5.96. The Morgan fingerprint density at radius 2 is 1.47 bits per heavy atom. The van der Waals surface area contributed by atoms with Crippen molar-refractivity contribution in [3.8, 4) is 0 Å². The normalized spacial score (nSPS) is 19.3. The highest BCUT2D eigenvalue weighted by molar-refractivity contribution is 5.90. The van der Waals surface area contributed by atoms with Crippen molar-refractivity contribution < 1.29 is 34.8 Å². The number of carbonyl (C=O) groups excluding carboxylic acids is 4. The molecular weight excluding hydrogens is 440 g/mol. The lowest BCUT2D eigenvalue weighted by molar-refractivity contribution is -0.154. The molecule has 2 saturated carbocycles. The molecule has 2 fully saturated rings. The molecule has 0 aliphatic heterocycles. The molecule has 2 rings (SSSR count). The Bertz CT molecular complexity index is 741. The fraction of sp³-hybridized carbons (Fsp3) is 0.840. The van der Waals surface area contributed by atoms with Crippen LogP contribution in [0.4, 0.5) is 4.79 Å². The van der Waals surface area contributed by atoms with E-state index >= 15 is 0 Å². The molecule has 2 amide bonds. The van der Waals surface area contributed by atoms with Crippen molar-refractivity contribution >= 4 is 23.9 Å². The van der Waals surface area contributed by atoms with Gasteiger partial charge in [0.2, 0.25) is 5.91 Å². The number of alkyl carbamates (subject to hydrolysis) is 1. The Morgan fingerprint density at radius 3 is 1.97 bits per heavy atom. The number of rotatable bonds is 10. The van der Waals surface area contributed by atoms with E-state index < -0.39 is 47.5 Å². The highest BCUT2D eigenvalue weighted by Gasteiger charge is 2.33. The fourth-order valence-corrected chi connectivity index (χ4v) is 4.18. The van der Waals surface area contributed by atoms with Crippen molar-refractivity contribution in [3.63, 3.8) is 0 Å². The Balaban J connectivity index is 2.07. The molecule has 0 aromatic carbocycles. The number of hydrogen-bond donors (Lipinski definition) is 2. The number of amides is 2. The van der Waals surface area contributed by atoms with Crippen molar-refractivity contribution in [2.24, 2.45) is 5.92 Å². The van der Waals surface area contributed by atoms with Crippen LogP contribution in [0, 0.1) is 5.92 Å². The molecule has 0 aromatic heterocycles. The van der Waals surface area contributed by atoms with Gasteiger partial charge in [0.05, 0.1) is 0 Å². The van der Waals surface area contributed by atoms with Crippen LogP contribution in [0.3, 0.4) is 0 Å². The average molecular weight is 484 g/mol. The van der Waals surface area contributed by atoms with E-state index in [0.29, 0.717) is 5.31 Å². The summed E-state index contributed by atoms with van der Waals surface area (Å²) in [5, 5.41) is 3.13. The molecule has 9 nitrogen and oxygen atoms in total. The summed E-state index contributed by atoms with van der Waals surface area (Å²) in [7, 11) is 0. The van der Waals surface area contributed by atoms with Crippen molar-refractivity contribution in [1.82, 2.24) is 10.6 Å². The Labute approximate surface area is 204 Å². The van der Waals surface area contributed by atoms with Gasteiger partial charge in [0.1, 0.15) is 29.9 Å². The summed E-state index contributed by atoms with van der Waals surface area (Å²) in [6.07, 6.45) is 5.94. The minimum Gasteiger partial charge on any atom is -0.462 e. The van der Waals surface area contributed by atoms with Gasteiger partial charge in [0.25, 0.3) is 0 Å². The standard InChI is InChI=1S/C25H42N2O7/c1-16(2)21(27-24(31)34-25(3,4)5)22(29)26-19(23(30)33-18-12-8-9-13-18)14-15-20(28)32-17-10-6-7-11-17/h16-19,21H,6-15H2,1-5H3,(H,26,29)(H,27,31)/t19-,21-/m0/s1/i/hD. The Hall–Kier alpha value is -2.32. The molecule has 0 saturated heterocycles. The molecule has 2 N–H and O–H groups in total. The minimum atomic E-state index is -1.20. The Morgan fingerprint density at radius 1 is 0.941 bits per heavy atom. The lowest BCUT2D eigenvalue weighted by Crippen LogP contribution is -2.54. The summed E-state index contributed by atoms with van der Waals surface area (Å²) in [5.41, 5.74) is -0.832. The zero-order valence-electron chi connectivity index (χ0n) is 22.3. The van der Waals surface area contributed by atoms with Gasteiger partial charge in [-0.2, -0.15) is 0 Å². The molecule has 0 radical (unpaired) electrons. The van der Waals surface area contributed by atoms with Gasteiger partial charge in [-0.3, -0.25) is 9.59 Å². The number of hydrogen-bond acceptors (Lipinski definition) is 7. The van der Waals surface area contributed by atoms with Crippen molar-refractivity contribution in [2.45, 2.75) is 129 Å². The van der Waals surface area contributed by atoms with E-state index in [2.05, 4.69) is 5.32 Å². The van der Waals surface area contributed by atoms with Crippen LogP contribution in [0.15, 0.2) is 0 Å². The van der Waals surface area contributed by atoms with E-state index in [9.17, 15) is 19.2 Å². The zero-order chi connectivity index (χ0) is 26.2. The van der Waals surface area contributed by atoms with E-state index in [4.69, 9.17) is 15.6 Å². The highest BCUT2D eigenvalue weighted by Crippen LogP contribution is 2.23. The molecule has 34 heavy (non-hydrogen) atoms. The molecule has 0 spiro atoms. The second-order valence-corrected chi connectivity index (χ2v) is 10.6. The summed E-state index contributed by atoms with van der Waals surface area (Å²) in [6.45, 7) is 8.40. The molecule has 194 valence electrons. The Kier molecular flexibility index (Phi) is 10.0. The first-order valence-electron chi connectivity index (χ1n) is 13.0. The molecule has 9 heteroatoms. The van der Waals surface area contributed by atoms with E-state index in [1.807, 2.05) is 0 Å². The number of carbonyl (C=O) groups is 4. The van der Waals surface area contributed by atoms with Gasteiger partial charge in [-0.05, 0) is 84.5 Å². The maximum absolute atomic E-state index is 13.2.